The van der Waals surface area contributed by atoms with Crippen LogP contribution in [0.25, 0.3) is 0 Å². The van der Waals surface area contributed by atoms with Crippen LogP contribution >= 0.6 is 15.9 Å². The smallest absolute Gasteiger partial charge is 0.303 e. The first-order valence-electron chi connectivity index (χ1n) is 4.62. The van der Waals surface area contributed by atoms with Gasteiger partial charge in [-0.15, -0.1) is 0 Å². The van der Waals surface area contributed by atoms with E-state index >= 15 is 0 Å². The van der Waals surface area contributed by atoms with Crippen molar-refractivity contribution in [2.75, 3.05) is 0 Å². The highest BCUT2D eigenvalue weighted by Crippen LogP contribution is 2.31. The Morgan fingerprint density at radius 1 is 1.47 bits per heavy atom. The monoisotopic (exact) mass is 272 g/mol. The molecule has 3 nitrogen and oxygen atoms in total. The molecular weight excluding hydrogens is 260 g/mol. The molecule has 0 aliphatic rings. The highest BCUT2D eigenvalue weighted by molar-refractivity contribution is 9.10. The van der Waals surface area contributed by atoms with Gasteiger partial charge >= 0.3 is 5.97 Å². The molecule has 4 heteroatoms. The van der Waals surface area contributed by atoms with E-state index in [9.17, 15) is 9.90 Å². The van der Waals surface area contributed by atoms with Crippen molar-refractivity contribution >= 4 is 21.9 Å². The molecule has 82 valence electrons. The van der Waals surface area contributed by atoms with E-state index in [0.29, 0.717) is 5.56 Å². The van der Waals surface area contributed by atoms with Crippen LogP contribution < -0.4 is 0 Å². The van der Waals surface area contributed by atoms with Gasteiger partial charge < -0.3 is 10.2 Å². The van der Waals surface area contributed by atoms with Crippen molar-refractivity contribution in [3.8, 4) is 0 Å². The van der Waals surface area contributed by atoms with Crippen LogP contribution in [0.4, 0.5) is 0 Å². The molecule has 0 fully saturated rings. The minimum atomic E-state index is -1.11. The van der Waals surface area contributed by atoms with Gasteiger partial charge in [-0.2, -0.15) is 0 Å². The maximum Gasteiger partial charge on any atom is 0.303 e. The molecule has 1 unspecified atom stereocenters. The van der Waals surface area contributed by atoms with Crippen LogP contribution in [-0.2, 0) is 10.4 Å². The summed E-state index contributed by atoms with van der Waals surface area (Å²) in [5.74, 6) is -0.901. The van der Waals surface area contributed by atoms with E-state index < -0.39 is 11.6 Å². The summed E-state index contributed by atoms with van der Waals surface area (Å²) in [6, 6.07) is 7.27. The van der Waals surface area contributed by atoms with Crippen molar-refractivity contribution in [2.24, 2.45) is 0 Å². The Labute approximate surface area is 96.9 Å². The fourth-order valence-corrected chi connectivity index (χ4v) is 2.09. The lowest BCUT2D eigenvalue weighted by Crippen LogP contribution is -2.22. The third kappa shape index (κ3) is 3.32. The molecule has 1 aromatic carbocycles. The number of hydrogen-bond donors (Lipinski definition) is 2. The lowest BCUT2D eigenvalue weighted by Gasteiger charge is -2.24. The summed E-state index contributed by atoms with van der Waals surface area (Å²) in [7, 11) is 0. The van der Waals surface area contributed by atoms with Crippen LogP contribution in [-0.4, -0.2) is 16.2 Å². The first-order valence-corrected chi connectivity index (χ1v) is 5.42. The highest BCUT2D eigenvalue weighted by atomic mass is 79.9. The lowest BCUT2D eigenvalue weighted by molar-refractivity contribution is -0.138. The summed E-state index contributed by atoms with van der Waals surface area (Å²) in [6.45, 7) is 1.62. The fraction of sp³-hybridized carbons (Fsp3) is 0.364. The number of carboxylic acids is 1. The zero-order valence-electron chi connectivity index (χ0n) is 8.40. The number of aliphatic hydroxyl groups is 1. The zero-order valence-corrected chi connectivity index (χ0v) is 9.99. The molecule has 2 N–H and O–H groups in total. The fourth-order valence-electron chi connectivity index (χ4n) is 1.38. The molecule has 0 aliphatic carbocycles. The third-order valence-corrected chi connectivity index (χ3v) is 2.97. The second-order valence-electron chi connectivity index (χ2n) is 3.65. The van der Waals surface area contributed by atoms with Gasteiger partial charge in [0, 0.05) is 10.9 Å². The molecule has 15 heavy (non-hydrogen) atoms. The average Bonchev–Trinajstić information content (AvgIpc) is 2.15. The van der Waals surface area contributed by atoms with E-state index in [1.54, 1.807) is 13.0 Å². The Morgan fingerprint density at radius 2 is 2.07 bits per heavy atom. The highest BCUT2D eigenvalue weighted by Gasteiger charge is 2.25. The van der Waals surface area contributed by atoms with Crippen LogP contribution in [0.1, 0.15) is 25.3 Å². The minimum Gasteiger partial charge on any atom is -0.481 e. The normalized spacial score (nSPS) is 14.6. The number of rotatable bonds is 4. The van der Waals surface area contributed by atoms with Gasteiger partial charge in [0.05, 0.1) is 5.60 Å². The number of benzene rings is 1. The molecule has 0 heterocycles. The van der Waals surface area contributed by atoms with Crippen LogP contribution in [0.2, 0.25) is 0 Å². The Hall–Kier alpha value is -0.870. The lowest BCUT2D eigenvalue weighted by atomic mass is 9.91. The molecule has 0 aliphatic heterocycles. The maximum atomic E-state index is 10.4. The van der Waals surface area contributed by atoms with Gasteiger partial charge in [-0.1, -0.05) is 34.1 Å². The topological polar surface area (TPSA) is 57.5 Å². The van der Waals surface area contributed by atoms with Crippen molar-refractivity contribution in [1.29, 1.82) is 0 Å². The molecule has 0 aromatic heterocycles. The third-order valence-electron chi connectivity index (χ3n) is 2.28. The Morgan fingerprint density at radius 3 is 2.60 bits per heavy atom. The van der Waals surface area contributed by atoms with E-state index in [4.69, 9.17) is 5.11 Å². The van der Waals surface area contributed by atoms with Crippen molar-refractivity contribution in [1.82, 2.24) is 0 Å². The van der Waals surface area contributed by atoms with Crippen LogP contribution in [0, 0.1) is 0 Å². The van der Waals surface area contributed by atoms with Crippen LogP contribution in [0.5, 0.6) is 0 Å². The number of halogens is 1. The first-order chi connectivity index (χ1) is 6.93. The number of hydrogen-bond acceptors (Lipinski definition) is 2. The average molecular weight is 273 g/mol. The van der Waals surface area contributed by atoms with Crippen molar-refractivity contribution in [3.63, 3.8) is 0 Å². The van der Waals surface area contributed by atoms with Crippen LogP contribution in [0.3, 0.4) is 0 Å². The number of aliphatic carboxylic acids is 1. The van der Waals surface area contributed by atoms with Crippen molar-refractivity contribution in [3.05, 3.63) is 34.3 Å². The molecule has 1 rings (SSSR count). The van der Waals surface area contributed by atoms with E-state index in [1.807, 2.05) is 18.2 Å². The van der Waals surface area contributed by atoms with Gasteiger partial charge in [-0.3, -0.25) is 4.79 Å². The second kappa shape index (κ2) is 4.77. The summed E-state index contributed by atoms with van der Waals surface area (Å²) in [4.78, 5) is 10.4. The molecule has 0 spiro atoms. The van der Waals surface area contributed by atoms with Crippen LogP contribution in [0.15, 0.2) is 28.7 Å². The quantitative estimate of drug-likeness (QED) is 0.886. The zero-order chi connectivity index (χ0) is 11.5. The SMILES string of the molecule is CC(O)(CCC(=O)O)c1ccccc1Br. The van der Waals surface area contributed by atoms with Gasteiger partial charge in [0.1, 0.15) is 0 Å². The van der Waals surface area contributed by atoms with Crippen molar-refractivity contribution < 1.29 is 15.0 Å². The first kappa shape index (κ1) is 12.2. The summed E-state index contributed by atoms with van der Waals surface area (Å²) in [6.07, 6.45) is 0.152. The van der Waals surface area contributed by atoms with E-state index in [1.165, 1.54) is 0 Å². The van der Waals surface area contributed by atoms with Crippen molar-refractivity contribution in [2.45, 2.75) is 25.4 Å². The summed E-state index contributed by atoms with van der Waals surface area (Å²) in [5, 5.41) is 18.7. The second-order valence-corrected chi connectivity index (χ2v) is 4.50. The Bertz CT molecular complexity index is 361. The van der Waals surface area contributed by atoms with Gasteiger partial charge in [0.2, 0.25) is 0 Å². The van der Waals surface area contributed by atoms with Gasteiger partial charge in [0.15, 0.2) is 0 Å². The van der Waals surface area contributed by atoms with Gasteiger partial charge in [-0.25, -0.2) is 0 Å². The molecule has 0 bridgehead atoms. The number of carbonyl (C=O) groups is 1. The molecule has 0 saturated carbocycles. The molecule has 0 saturated heterocycles. The van der Waals surface area contributed by atoms with E-state index in [0.717, 1.165) is 4.47 Å². The minimum absolute atomic E-state index is 0.0473. The Balaban J connectivity index is 2.85. The largest absolute Gasteiger partial charge is 0.481 e. The van der Waals surface area contributed by atoms with Gasteiger partial charge in [0.25, 0.3) is 0 Å². The summed E-state index contributed by atoms with van der Waals surface area (Å²) >= 11 is 3.33. The van der Waals surface area contributed by atoms with Gasteiger partial charge in [-0.05, 0) is 25.0 Å². The molecule has 0 radical (unpaired) electrons. The standard InChI is InChI=1S/C11H13BrO3/c1-11(15,7-6-10(13)14)8-4-2-3-5-9(8)12/h2-5,15H,6-7H2,1H3,(H,13,14). The number of carboxylic acid groups (broad SMARTS) is 1. The molecule has 0 amide bonds. The maximum absolute atomic E-state index is 10.4. The predicted octanol–water partition coefficient (Wildman–Crippen LogP) is 2.52. The summed E-state index contributed by atoms with van der Waals surface area (Å²) < 4.78 is 0.792. The summed E-state index contributed by atoms with van der Waals surface area (Å²) in [5.41, 5.74) is -0.398. The van der Waals surface area contributed by atoms with E-state index in [2.05, 4.69) is 15.9 Å². The molecule has 1 atom stereocenters. The predicted molar refractivity (Wildman–Crippen MR) is 60.6 cm³/mol. The molecular formula is C11H13BrO3. The van der Waals surface area contributed by atoms with E-state index in [-0.39, 0.29) is 12.8 Å². The Kier molecular flexibility index (Phi) is 3.88. The molecule has 1 aromatic rings.